The van der Waals surface area contributed by atoms with Gasteiger partial charge in [0, 0.05) is 22.7 Å². The predicted octanol–water partition coefficient (Wildman–Crippen LogP) is 2.87. The SMILES string of the molecule is CC(O)(CNC(=O)c1cccc2[nH]ccc12)c1ccsc1. The zero-order chi connectivity index (χ0) is 14.9. The molecule has 5 heteroatoms. The number of H-pyrrole nitrogens is 1. The van der Waals surface area contributed by atoms with Gasteiger partial charge in [0.1, 0.15) is 5.60 Å². The van der Waals surface area contributed by atoms with E-state index < -0.39 is 5.60 Å². The highest BCUT2D eigenvalue weighted by Crippen LogP contribution is 2.23. The van der Waals surface area contributed by atoms with Crippen LogP contribution < -0.4 is 5.32 Å². The zero-order valence-electron chi connectivity index (χ0n) is 11.6. The largest absolute Gasteiger partial charge is 0.384 e. The third-order valence-electron chi connectivity index (χ3n) is 3.58. The lowest BCUT2D eigenvalue weighted by molar-refractivity contribution is 0.0530. The van der Waals surface area contributed by atoms with Crippen molar-refractivity contribution >= 4 is 28.1 Å². The number of benzene rings is 1. The molecule has 0 saturated heterocycles. The standard InChI is InChI=1S/C16H16N2O2S/c1-16(20,11-6-8-21-9-11)10-18-15(19)13-3-2-4-14-12(13)5-7-17-14/h2-9,17,20H,10H2,1H3,(H,18,19). The summed E-state index contributed by atoms with van der Waals surface area (Å²) in [5, 5.41) is 17.9. The molecule has 1 aromatic carbocycles. The van der Waals surface area contributed by atoms with Crippen LogP contribution in [-0.2, 0) is 5.60 Å². The molecule has 0 radical (unpaired) electrons. The van der Waals surface area contributed by atoms with Crippen molar-refractivity contribution in [2.45, 2.75) is 12.5 Å². The Kier molecular flexibility index (Phi) is 3.53. The Hall–Kier alpha value is -2.11. The summed E-state index contributed by atoms with van der Waals surface area (Å²) in [4.78, 5) is 15.4. The summed E-state index contributed by atoms with van der Waals surface area (Å²) >= 11 is 1.52. The van der Waals surface area contributed by atoms with Crippen molar-refractivity contribution in [1.29, 1.82) is 0 Å². The number of carbonyl (C=O) groups is 1. The van der Waals surface area contributed by atoms with Gasteiger partial charge in [-0.05, 0) is 47.5 Å². The van der Waals surface area contributed by atoms with E-state index in [-0.39, 0.29) is 12.5 Å². The highest BCUT2D eigenvalue weighted by atomic mass is 32.1. The van der Waals surface area contributed by atoms with Crippen LogP contribution in [0.5, 0.6) is 0 Å². The first kappa shape index (κ1) is 13.9. The Labute approximate surface area is 126 Å². The molecule has 0 spiro atoms. The maximum Gasteiger partial charge on any atom is 0.252 e. The monoisotopic (exact) mass is 300 g/mol. The van der Waals surface area contributed by atoms with Crippen molar-refractivity contribution in [3.63, 3.8) is 0 Å². The summed E-state index contributed by atoms with van der Waals surface area (Å²) in [5.41, 5.74) is 1.27. The van der Waals surface area contributed by atoms with E-state index in [4.69, 9.17) is 0 Å². The molecular formula is C16H16N2O2S. The number of amides is 1. The van der Waals surface area contributed by atoms with Crippen LogP contribution in [0.3, 0.4) is 0 Å². The Morgan fingerprint density at radius 2 is 2.24 bits per heavy atom. The van der Waals surface area contributed by atoms with Gasteiger partial charge in [-0.25, -0.2) is 0 Å². The quantitative estimate of drug-likeness (QED) is 0.693. The number of nitrogens with one attached hydrogen (secondary N) is 2. The second-order valence-electron chi connectivity index (χ2n) is 5.21. The molecule has 0 fully saturated rings. The van der Waals surface area contributed by atoms with Gasteiger partial charge in [-0.1, -0.05) is 6.07 Å². The second-order valence-corrected chi connectivity index (χ2v) is 5.99. The molecule has 1 unspecified atom stereocenters. The molecule has 2 aromatic heterocycles. The van der Waals surface area contributed by atoms with Crippen molar-refractivity contribution in [1.82, 2.24) is 10.3 Å². The average Bonchev–Trinajstić information content (AvgIpc) is 3.14. The third-order valence-corrected chi connectivity index (χ3v) is 4.26. The summed E-state index contributed by atoms with van der Waals surface area (Å²) < 4.78 is 0. The number of carbonyl (C=O) groups excluding carboxylic acids is 1. The van der Waals surface area contributed by atoms with E-state index in [0.29, 0.717) is 5.56 Å². The Balaban J connectivity index is 1.77. The third kappa shape index (κ3) is 2.70. The number of thiophene rings is 1. The topological polar surface area (TPSA) is 65.1 Å². The fourth-order valence-electron chi connectivity index (χ4n) is 2.30. The molecule has 4 nitrogen and oxygen atoms in total. The molecule has 108 valence electrons. The minimum absolute atomic E-state index is 0.170. The zero-order valence-corrected chi connectivity index (χ0v) is 12.4. The number of aromatic nitrogens is 1. The van der Waals surface area contributed by atoms with Crippen LogP contribution in [0.2, 0.25) is 0 Å². The molecule has 0 saturated carbocycles. The van der Waals surface area contributed by atoms with Crippen molar-refractivity contribution in [3.05, 3.63) is 58.4 Å². The summed E-state index contributed by atoms with van der Waals surface area (Å²) in [5.74, 6) is -0.185. The van der Waals surface area contributed by atoms with Gasteiger partial charge in [0.25, 0.3) is 5.91 Å². The van der Waals surface area contributed by atoms with E-state index in [1.807, 2.05) is 41.2 Å². The van der Waals surface area contributed by atoms with Crippen LogP contribution >= 0.6 is 11.3 Å². The second kappa shape index (κ2) is 5.35. The van der Waals surface area contributed by atoms with Crippen LogP contribution in [0, 0.1) is 0 Å². The smallest absolute Gasteiger partial charge is 0.252 e. The maximum atomic E-state index is 12.3. The maximum absolute atomic E-state index is 12.3. The number of hydrogen-bond acceptors (Lipinski definition) is 3. The van der Waals surface area contributed by atoms with E-state index in [1.54, 1.807) is 13.0 Å². The predicted molar refractivity (Wildman–Crippen MR) is 84.5 cm³/mol. The van der Waals surface area contributed by atoms with Gasteiger partial charge < -0.3 is 15.4 Å². The minimum Gasteiger partial charge on any atom is -0.384 e. The molecule has 0 aliphatic rings. The van der Waals surface area contributed by atoms with Crippen molar-refractivity contribution in [2.75, 3.05) is 6.54 Å². The van der Waals surface area contributed by atoms with Gasteiger partial charge in [0.15, 0.2) is 0 Å². The Morgan fingerprint density at radius 3 is 3.00 bits per heavy atom. The molecule has 1 amide bonds. The number of fused-ring (bicyclic) bond motifs is 1. The molecule has 3 rings (SSSR count). The van der Waals surface area contributed by atoms with E-state index >= 15 is 0 Å². The Bertz CT molecular complexity index is 760. The van der Waals surface area contributed by atoms with Crippen LogP contribution in [-0.4, -0.2) is 22.5 Å². The van der Waals surface area contributed by atoms with Gasteiger partial charge >= 0.3 is 0 Å². The summed E-state index contributed by atoms with van der Waals surface area (Å²) in [7, 11) is 0. The van der Waals surface area contributed by atoms with Gasteiger partial charge in [0.05, 0.1) is 6.54 Å². The van der Waals surface area contributed by atoms with Gasteiger partial charge in [0.2, 0.25) is 0 Å². The van der Waals surface area contributed by atoms with Crippen LogP contribution in [0.1, 0.15) is 22.8 Å². The summed E-state index contributed by atoms with van der Waals surface area (Å²) in [6, 6.07) is 9.29. The average molecular weight is 300 g/mol. The molecule has 21 heavy (non-hydrogen) atoms. The fraction of sp³-hybridized carbons (Fsp3) is 0.188. The van der Waals surface area contributed by atoms with Crippen molar-refractivity contribution in [3.8, 4) is 0 Å². The van der Waals surface area contributed by atoms with Crippen molar-refractivity contribution in [2.24, 2.45) is 0 Å². The number of aromatic amines is 1. The van der Waals surface area contributed by atoms with Gasteiger partial charge in [-0.2, -0.15) is 11.3 Å². The van der Waals surface area contributed by atoms with E-state index in [2.05, 4.69) is 10.3 Å². The fourth-order valence-corrected chi connectivity index (χ4v) is 3.09. The lowest BCUT2D eigenvalue weighted by atomic mass is 9.99. The van der Waals surface area contributed by atoms with Crippen LogP contribution in [0.25, 0.3) is 10.9 Å². The first-order valence-corrected chi connectivity index (χ1v) is 7.61. The first-order chi connectivity index (χ1) is 10.1. The highest BCUT2D eigenvalue weighted by Gasteiger charge is 2.24. The highest BCUT2D eigenvalue weighted by molar-refractivity contribution is 7.08. The first-order valence-electron chi connectivity index (χ1n) is 6.67. The van der Waals surface area contributed by atoms with E-state index in [1.165, 1.54) is 11.3 Å². The summed E-state index contributed by atoms with van der Waals surface area (Å²) in [6.07, 6.45) is 1.81. The molecule has 0 bridgehead atoms. The summed E-state index contributed by atoms with van der Waals surface area (Å²) in [6.45, 7) is 1.87. The van der Waals surface area contributed by atoms with Gasteiger partial charge in [-0.15, -0.1) is 0 Å². The van der Waals surface area contributed by atoms with E-state index in [0.717, 1.165) is 16.5 Å². The lowest BCUT2D eigenvalue weighted by Crippen LogP contribution is -2.38. The normalized spacial score (nSPS) is 14.0. The molecular weight excluding hydrogens is 284 g/mol. The molecule has 0 aliphatic heterocycles. The number of rotatable bonds is 4. The minimum atomic E-state index is -1.07. The molecule has 3 aromatic rings. The Morgan fingerprint density at radius 1 is 1.38 bits per heavy atom. The molecule has 2 heterocycles. The van der Waals surface area contributed by atoms with E-state index in [9.17, 15) is 9.90 Å². The number of hydrogen-bond donors (Lipinski definition) is 3. The molecule has 3 N–H and O–H groups in total. The van der Waals surface area contributed by atoms with Gasteiger partial charge in [-0.3, -0.25) is 4.79 Å². The van der Waals surface area contributed by atoms with Crippen LogP contribution in [0.15, 0.2) is 47.3 Å². The van der Waals surface area contributed by atoms with Crippen LogP contribution in [0.4, 0.5) is 0 Å². The number of aliphatic hydroxyl groups is 1. The molecule has 0 aliphatic carbocycles. The van der Waals surface area contributed by atoms with Crippen molar-refractivity contribution < 1.29 is 9.90 Å². The molecule has 1 atom stereocenters. The lowest BCUT2D eigenvalue weighted by Gasteiger charge is -2.22.